The van der Waals surface area contributed by atoms with Crippen molar-refractivity contribution in [3.63, 3.8) is 0 Å². The summed E-state index contributed by atoms with van der Waals surface area (Å²) in [4.78, 5) is 4.08. The summed E-state index contributed by atoms with van der Waals surface area (Å²) >= 11 is 6.96. The average molecular weight is 345 g/mol. The highest BCUT2D eigenvalue weighted by Crippen LogP contribution is 2.26. The topological polar surface area (TPSA) is 29.9 Å². The maximum absolute atomic E-state index is 4.08. The van der Waals surface area contributed by atoms with Crippen LogP contribution in [0.2, 0.25) is 0 Å². The zero-order valence-electron chi connectivity index (χ0n) is 8.74. The maximum atomic E-state index is 4.08. The highest BCUT2D eigenvalue weighted by Gasteiger charge is 2.02. The van der Waals surface area contributed by atoms with Crippen LogP contribution >= 0.6 is 31.9 Å². The Morgan fingerprint density at radius 3 is 2.88 bits per heavy atom. The van der Waals surface area contributed by atoms with E-state index in [0.29, 0.717) is 0 Å². The zero-order chi connectivity index (χ0) is 11.5. The Kier molecular flexibility index (Phi) is 3.66. The van der Waals surface area contributed by atoms with E-state index >= 15 is 0 Å². The third-order valence-corrected chi connectivity index (χ3v) is 3.49. The molecule has 0 atom stereocenters. The van der Waals surface area contributed by atoms with Crippen molar-refractivity contribution in [2.24, 2.45) is 7.05 Å². The minimum absolute atomic E-state index is 0.756. The predicted molar refractivity (Wildman–Crippen MR) is 72.4 cm³/mol. The number of benzene rings is 1. The molecule has 0 radical (unpaired) electrons. The van der Waals surface area contributed by atoms with E-state index in [4.69, 9.17) is 0 Å². The largest absolute Gasteiger partial charge is 0.378 e. The van der Waals surface area contributed by atoms with Gasteiger partial charge in [0, 0.05) is 27.9 Å². The highest BCUT2D eigenvalue weighted by molar-refractivity contribution is 9.11. The maximum Gasteiger partial charge on any atom is 0.0946 e. The van der Waals surface area contributed by atoms with Gasteiger partial charge in [0.2, 0.25) is 0 Å². The van der Waals surface area contributed by atoms with Crippen LogP contribution in [0.15, 0.2) is 39.7 Å². The third kappa shape index (κ3) is 2.65. The first-order chi connectivity index (χ1) is 7.66. The Bertz CT molecular complexity index is 494. The first-order valence-corrected chi connectivity index (χ1v) is 6.39. The summed E-state index contributed by atoms with van der Waals surface area (Å²) in [5.74, 6) is 0. The van der Waals surface area contributed by atoms with Crippen LogP contribution in [0.4, 0.5) is 5.69 Å². The molecule has 0 aliphatic rings. The molecule has 1 aromatic carbocycles. The van der Waals surface area contributed by atoms with E-state index in [9.17, 15) is 0 Å². The van der Waals surface area contributed by atoms with Gasteiger partial charge in [0.1, 0.15) is 0 Å². The lowest BCUT2D eigenvalue weighted by Gasteiger charge is -2.09. The Labute approximate surface area is 111 Å². The van der Waals surface area contributed by atoms with Crippen LogP contribution in [0, 0.1) is 0 Å². The van der Waals surface area contributed by atoms with Crippen LogP contribution in [-0.4, -0.2) is 9.55 Å². The van der Waals surface area contributed by atoms with Gasteiger partial charge < -0.3 is 9.88 Å². The van der Waals surface area contributed by atoms with E-state index in [1.165, 1.54) is 0 Å². The van der Waals surface area contributed by atoms with Gasteiger partial charge in [0.15, 0.2) is 0 Å². The lowest BCUT2D eigenvalue weighted by atomic mass is 10.3. The first-order valence-electron chi connectivity index (χ1n) is 4.81. The summed E-state index contributed by atoms with van der Waals surface area (Å²) in [5, 5.41) is 3.36. The summed E-state index contributed by atoms with van der Waals surface area (Å²) in [6.07, 6.45) is 3.66. The van der Waals surface area contributed by atoms with Crippen LogP contribution < -0.4 is 5.32 Å². The molecule has 84 valence electrons. The van der Waals surface area contributed by atoms with E-state index in [2.05, 4.69) is 42.2 Å². The monoisotopic (exact) mass is 343 g/mol. The summed E-state index contributed by atoms with van der Waals surface area (Å²) < 4.78 is 4.11. The molecule has 0 aliphatic heterocycles. The van der Waals surface area contributed by atoms with Crippen LogP contribution in [0.25, 0.3) is 0 Å². The standard InChI is InChI=1S/C11H11Br2N3/c1-16-7-14-5-9(16)6-15-11-4-8(12)2-3-10(11)13/h2-5,7,15H,6H2,1H3. The molecule has 0 aliphatic carbocycles. The molecular formula is C11H11Br2N3. The van der Waals surface area contributed by atoms with Gasteiger partial charge in [-0.2, -0.15) is 0 Å². The molecule has 0 saturated carbocycles. The fraction of sp³-hybridized carbons (Fsp3) is 0.182. The molecule has 5 heteroatoms. The molecule has 3 nitrogen and oxygen atoms in total. The van der Waals surface area contributed by atoms with Crippen molar-refractivity contribution in [3.05, 3.63) is 45.4 Å². The van der Waals surface area contributed by atoms with Gasteiger partial charge in [-0.15, -0.1) is 0 Å². The molecule has 0 bridgehead atoms. The fourth-order valence-corrected chi connectivity index (χ4v) is 2.12. The number of aromatic nitrogens is 2. The molecule has 1 N–H and O–H groups in total. The number of hydrogen-bond donors (Lipinski definition) is 1. The number of aryl methyl sites for hydroxylation is 1. The normalized spacial score (nSPS) is 10.4. The second-order valence-electron chi connectivity index (χ2n) is 3.47. The first kappa shape index (κ1) is 11.7. The minimum atomic E-state index is 0.756. The number of rotatable bonds is 3. The fourth-order valence-electron chi connectivity index (χ4n) is 1.37. The van der Waals surface area contributed by atoms with Crippen molar-refractivity contribution in [1.29, 1.82) is 0 Å². The van der Waals surface area contributed by atoms with E-state index in [-0.39, 0.29) is 0 Å². The summed E-state index contributed by atoms with van der Waals surface area (Å²) in [6.45, 7) is 0.756. The molecule has 1 heterocycles. The Balaban J connectivity index is 2.10. The lowest BCUT2D eigenvalue weighted by molar-refractivity contribution is 0.837. The van der Waals surface area contributed by atoms with Crippen molar-refractivity contribution in [2.75, 3.05) is 5.32 Å². The van der Waals surface area contributed by atoms with Gasteiger partial charge in [0.25, 0.3) is 0 Å². The van der Waals surface area contributed by atoms with Crippen LogP contribution in [0.3, 0.4) is 0 Å². The second-order valence-corrected chi connectivity index (χ2v) is 5.24. The van der Waals surface area contributed by atoms with Gasteiger partial charge >= 0.3 is 0 Å². The van der Waals surface area contributed by atoms with Crippen LogP contribution in [-0.2, 0) is 13.6 Å². The smallest absolute Gasteiger partial charge is 0.0946 e. The Morgan fingerprint density at radius 1 is 1.38 bits per heavy atom. The molecule has 0 amide bonds. The molecule has 2 rings (SSSR count). The van der Waals surface area contributed by atoms with E-state index in [0.717, 1.165) is 26.9 Å². The van der Waals surface area contributed by atoms with Gasteiger partial charge in [-0.3, -0.25) is 0 Å². The Morgan fingerprint density at radius 2 is 2.19 bits per heavy atom. The number of anilines is 1. The number of hydrogen-bond acceptors (Lipinski definition) is 2. The van der Waals surface area contributed by atoms with Crippen molar-refractivity contribution >= 4 is 37.5 Å². The van der Waals surface area contributed by atoms with Crippen LogP contribution in [0.1, 0.15) is 5.69 Å². The third-order valence-electron chi connectivity index (χ3n) is 2.30. The number of nitrogens with one attached hydrogen (secondary N) is 1. The Hall–Kier alpha value is -0.810. The molecule has 0 spiro atoms. The van der Waals surface area contributed by atoms with E-state index < -0.39 is 0 Å². The number of imidazole rings is 1. The van der Waals surface area contributed by atoms with Crippen molar-refractivity contribution in [3.8, 4) is 0 Å². The zero-order valence-corrected chi connectivity index (χ0v) is 11.9. The van der Waals surface area contributed by atoms with Crippen LogP contribution in [0.5, 0.6) is 0 Å². The van der Waals surface area contributed by atoms with Gasteiger partial charge in [-0.1, -0.05) is 15.9 Å². The van der Waals surface area contributed by atoms with Gasteiger partial charge in [-0.25, -0.2) is 4.98 Å². The van der Waals surface area contributed by atoms with Crippen molar-refractivity contribution in [1.82, 2.24) is 9.55 Å². The van der Waals surface area contributed by atoms with Gasteiger partial charge in [0.05, 0.1) is 18.6 Å². The average Bonchev–Trinajstić information content (AvgIpc) is 2.66. The molecule has 0 fully saturated rings. The second kappa shape index (κ2) is 5.01. The molecular weight excluding hydrogens is 334 g/mol. The highest BCUT2D eigenvalue weighted by atomic mass is 79.9. The quantitative estimate of drug-likeness (QED) is 0.922. The minimum Gasteiger partial charge on any atom is -0.378 e. The van der Waals surface area contributed by atoms with E-state index in [1.54, 1.807) is 6.33 Å². The lowest BCUT2D eigenvalue weighted by Crippen LogP contribution is -2.04. The summed E-state index contributed by atoms with van der Waals surface area (Å²) in [6, 6.07) is 6.05. The predicted octanol–water partition coefficient (Wildman–Crippen LogP) is 3.56. The van der Waals surface area contributed by atoms with Crippen molar-refractivity contribution < 1.29 is 0 Å². The summed E-state index contributed by atoms with van der Waals surface area (Å²) in [5.41, 5.74) is 2.21. The molecule has 0 unspecified atom stereocenters. The number of halogens is 2. The van der Waals surface area contributed by atoms with Gasteiger partial charge in [-0.05, 0) is 34.1 Å². The number of nitrogens with zero attached hydrogens (tertiary/aromatic N) is 2. The molecule has 16 heavy (non-hydrogen) atoms. The van der Waals surface area contributed by atoms with E-state index in [1.807, 2.05) is 36.0 Å². The molecule has 1 aromatic heterocycles. The van der Waals surface area contributed by atoms with Crippen molar-refractivity contribution in [2.45, 2.75) is 6.54 Å². The molecule has 0 saturated heterocycles. The molecule has 2 aromatic rings. The SMILES string of the molecule is Cn1cncc1CNc1cc(Br)ccc1Br. The summed E-state index contributed by atoms with van der Waals surface area (Å²) in [7, 11) is 1.99.